The summed E-state index contributed by atoms with van der Waals surface area (Å²) in [7, 11) is 0. The maximum atomic E-state index is 13.4. The van der Waals surface area contributed by atoms with E-state index in [1.165, 1.54) is 29.2 Å². The third kappa shape index (κ3) is 5.88. The molecule has 182 valence electrons. The Morgan fingerprint density at radius 3 is 2.77 bits per heavy atom. The first-order valence-corrected chi connectivity index (χ1v) is 12.5. The highest BCUT2D eigenvalue weighted by Gasteiger charge is 2.31. The molecule has 0 radical (unpaired) electrons. The SMILES string of the molecule is CCC(C)NC(=O)c1csc(CSc2nnc(-c3cccnc3)n2-c2cccc(C(F)(F)F)c2)n1. The van der Waals surface area contributed by atoms with Gasteiger partial charge in [0.05, 0.1) is 17.0 Å². The number of benzene rings is 1. The molecule has 4 aromatic rings. The molecule has 4 rings (SSSR count). The molecule has 3 heterocycles. The lowest BCUT2D eigenvalue weighted by molar-refractivity contribution is -0.137. The van der Waals surface area contributed by atoms with Crippen LogP contribution in [-0.2, 0) is 11.9 Å². The lowest BCUT2D eigenvalue weighted by atomic mass is 10.2. The Morgan fingerprint density at radius 1 is 1.23 bits per heavy atom. The largest absolute Gasteiger partial charge is 0.416 e. The molecular weight excluding hydrogens is 497 g/mol. The zero-order chi connectivity index (χ0) is 25.0. The molecule has 0 saturated carbocycles. The predicted molar refractivity (Wildman–Crippen MR) is 128 cm³/mol. The first-order chi connectivity index (χ1) is 16.8. The number of nitrogens with one attached hydrogen (secondary N) is 1. The van der Waals surface area contributed by atoms with E-state index in [1.807, 2.05) is 13.8 Å². The average Bonchev–Trinajstić information content (AvgIpc) is 3.50. The fourth-order valence-electron chi connectivity index (χ4n) is 3.11. The van der Waals surface area contributed by atoms with Crippen LogP contribution in [0.3, 0.4) is 0 Å². The van der Waals surface area contributed by atoms with Crippen LogP contribution in [0.2, 0.25) is 0 Å². The van der Waals surface area contributed by atoms with E-state index in [0.29, 0.717) is 33.0 Å². The summed E-state index contributed by atoms with van der Waals surface area (Å²) in [6.45, 7) is 3.90. The molecule has 1 amide bonds. The number of alkyl halides is 3. The summed E-state index contributed by atoms with van der Waals surface area (Å²) < 4.78 is 41.7. The van der Waals surface area contributed by atoms with Crippen molar-refractivity contribution < 1.29 is 18.0 Å². The third-order valence-corrected chi connectivity index (χ3v) is 7.06. The molecule has 3 aromatic heterocycles. The van der Waals surface area contributed by atoms with Crippen molar-refractivity contribution >= 4 is 29.0 Å². The molecular formula is C23H21F3N6OS2. The summed E-state index contributed by atoms with van der Waals surface area (Å²) in [5, 5.41) is 14.1. The number of carbonyl (C=O) groups is 1. The molecule has 1 aromatic carbocycles. The molecule has 0 saturated heterocycles. The van der Waals surface area contributed by atoms with Crippen molar-refractivity contribution in [1.29, 1.82) is 0 Å². The van der Waals surface area contributed by atoms with Crippen molar-refractivity contribution in [1.82, 2.24) is 30.0 Å². The van der Waals surface area contributed by atoms with Gasteiger partial charge in [-0.2, -0.15) is 13.2 Å². The predicted octanol–water partition coefficient (Wildman–Crippen LogP) is 5.63. The Balaban J connectivity index is 1.63. The molecule has 1 N–H and O–H groups in total. The standard InChI is InChI=1S/C23H21F3N6OS2/c1-3-14(2)28-21(33)18-12-34-19(29-18)13-35-22-31-30-20(15-6-5-9-27-11-15)32(22)17-8-4-7-16(10-17)23(24,25)26/h4-12,14H,3,13H2,1-2H3,(H,28,33). The normalized spacial score (nSPS) is 12.5. The summed E-state index contributed by atoms with van der Waals surface area (Å²) in [5.41, 5.74) is 0.455. The van der Waals surface area contributed by atoms with E-state index in [0.717, 1.165) is 18.6 Å². The van der Waals surface area contributed by atoms with Gasteiger partial charge in [0.25, 0.3) is 5.91 Å². The minimum atomic E-state index is -4.49. The maximum Gasteiger partial charge on any atom is 0.416 e. The topological polar surface area (TPSA) is 85.6 Å². The van der Waals surface area contributed by atoms with Gasteiger partial charge in [0, 0.05) is 29.4 Å². The number of halogens is 3. The van der Waals surface area contributed by atoms with Crippen LogP contribution in [0.1, 0.15) is 41.3 Å². The minimum absolute atomic E-state index is 0.0407. The van der Waals surface area contributed by atoms with Gasteiger partial charge < -0.3 is 5.32 Å². The first-order valence-electron chi connectivity index (χ1n) is 10.7. The average molecular weight is 519 g/mol. The number of thiazole rings is 1. The van der Waals surface area contributed by atoms with Gasteiger partial charge in [-0.05, 0) is 43.7 Å². The fourth-order valence-corrected chi connectivity index (χ4v) is 4.85. The minimum Gasteiger partial charge on any atom is -0.348 e. The number of rotatable bonds is 8. The molecule has 0 spiro atoms. The summed E-state index contributed by atoms with van der Waals surface area (Å²) in [6, 6.07) is 8.53. The van der Waals surface area contributed by atoms with E-state index in [9.17, 15) is 18.0 Å². The molecule has 0 aliphatic carbocycles. The first kappa shape index (κ1) is 24.9. The Hall–Kier alpha value is -3.25. The van der Waals surface area contributed by atoms with Crippen molar-refractivity contribution in [3.63, 3.8) is 0 Å². The van der Waals surface area contributed by atoms with E-state index < -0.39 is 11.7 Å². The number of hydrogen-bond acceptors (Lipinski definition) is 7. The van der Waals surface area contributed by atoms with Gasteiger partial charge in [-0.1, -0.05) is 24.8 Å². The summed E-state index contributed by atoms with van der Waals surface area (Å²) in [5.74, 6) is 0.497. The van der Waals surface area contributed by atoms with Gasteiger partial charge in [-0.15, -0.1) is 21.5 Å². The van der Waals surface area contributed by atoms with Crippen LogP contribution in [-0.4, -0.2) is 36.7 Å². The Bertz CT molecular complexity index is 1310. The van der Waals surface area contributed by atoms with Gasteiger partial charge in [0.15, 0.2) is 11.0 Å². The van der Waals surface area contributed by atoms with Crippen LogP contribution < -0.4 is 5.32 Å². The molecule has 35 heavy (non-hydrogen) atoms. The van der Waals surface area contributed by atoms with Crippen molar-refractivity contribution in [2.24, 2.45) is 0 Å². The van der Waals surface area contributed by atoms with E-state index in [1.54, 1.807) is 40.5 Å². The fraction of sp³-hybridized carbons (Fsp3) is 0.261. The Labute approximate surface area is 207 Å². The van der Waals surface area contributed by atoms with E-state index in [-0.39, 0.29) is 17.6 Å². The second-order valence-corrected chi connectivity index (χ2v) is 9.51. The number of hydrogen-bond donors (Lipinski definition) is 1. The van der Waals surface area contributed by atoms with Gasteiger partial charge >= 0.3 is 6.18 Å². The van der Waals surface area contributed by atoms with Crippen molar-refractivity contribution in [2.75, 3.05) is 0 Å². The van der Waals surface area contributed by atoms with Gasteiger partial charge in [-0.3, -0.25) is 14.3 Å². The van der Waals surface area contributed by atoms with Gasteiger partial charge in [0.1, 0.15) is 10.7 Å². The van der Waals surface area contributed by atoms with Crippen LogP contribution in [0.4, 0.5) is 13.2 Å². The van der Waals surface area contributed by atoms with Crippen molar-refractivity contribution in [3.05, 3.63) is 70.4 Å². The molecule has 0 fully saturated rings. The highest BCUT2D eigenvalue weighted by atomic mass is 32.2. The number of amides is 1. The monoisotopic (exact) mass is 518 g/mol. The van der Waals surface area contributed by atoms with E-state index in [2.05, 4.69) is 25.5 Å². The summed E-state index contributed by atoms with van der Waals surface area (Å²) >= 11 is 2.60. The molecule has 12 heteroatoms. The van der Waals surface area contributed by atoms with Crippen LogP contribution >= 0.6 is 23.1 Å². The highest BCUT2D eigenvalue weighted by Crippen LogP contribution is 2.34. The lowest BCUT2D eigenvalue weighted by Gasteiger charge is -2.13. The molecule has 0 aliphatic rings. The van der Waals surface area contributed by atoms with Crippen LogP contribution in [0.15, 0.2) is 59.3 Å². The molecule has 7 nitrogen and oxygen atoms in total. The van der Waals surface area contributed by atoms with Crippen molar-refractivity contribution in [2.45, 2.75) is 43.4 Å². The number of aromatic nitrogens is 5. The number of thioether (sulfide) groups is 1. The van der Waals surface area contributed by atoms with Crippen LogP contribution in [0.25, 0.3) is 17.1 Å². The molecule has 1 atom stereocenters. The Morgan fingerprint density at radius 2 is 2.06 bits per heavy atom. The summed E-state index contributed by atoms with van der Waals surface area (Å²) in [4.78, 5) is 20.8. The third-order valence-electron chi connectivity index (χ3n) is 5.08. The quantitative estimate of drug-likeness (QED) is 0.305. The second kappa shape index (κ2) is 10.6. The van der Waals surface area contributed by atoms with Crippen molar-refractivity contribution in [3.8, 4) is 17.1 Å². The zero-order valence-corrected chi connectivity index (χ0v) is 20.4. The summed E-state index contributed by atoms with van der Waals surface area (Å²) in [6.07, 6.45) is -0.505. The molecule has 0 bridgehead atoms. The second-order valence-electron chi connectivity index (χ2n) is 7.63. The smallest absolute Gasteiger partial charge is 0.348 e. The lowest BCUT2D eigenvalue weighted by Crippen LogP contribution is -2.32. The van der Waals surface area contributed by atoms with Crippen LogP contribution in [0.5, 0.6) is 0 Å². The Kier molecular flexibility index (Phi) is 7.51. The zero-order valence-electron chi connectivity index (χ0n) is 18.8. The van der Waals surface area contributed by atoms with Gasteiger partial charge in [0.2, 0.25) is 0 Å². The maximum absolute atomic E-state index is 13.4. The van der Waals surface area contributed by atoms with Gasteiger partial charge in [-0.25, -0.2) is 4.98 Å². The molecule has 1 unspecified atom stereocenters. The van der Waals surface area contributed by atoms with E-state index >= 15 is 0 Å². The van der Waals surface area contributed by atoms with E-state index in [4.69, 9.17) is 0 Å². The molecule has 0 aliphatic heterocycles. The number of nitrogens with zero attached hydrogens (tertiary/aromatic N) is 5. The number of pyridine rings is 1. The van der Waals surface area contributed by atoms with Crippen LogP contribution in [0, 0.1) is 0 Å². The highest BCUT2D eigenvalue weighted by molar-refractivity contribution is 7.98. The number of carbonyl (C=O) groups excluding carboxylic acids is 1.